The maximum absolute atomic E-state index is 12.8. The van der Waals surface area contributed by atoms with E-state index in [1.165, 1.54) is 11.0 Å². The summed E-state index contributed by atoms with van der Waals surface area (Å²) in [7, 11) is 0. The minimum Gasteiger partial charge on any atom is -0.322 e. The van der Waals surface area contributed by atoms with Crippen LogP contribution in [0.1, 0.15) is 15.9 Å². The van der Waals surface area contributed by atoms with Gasteiger partial charge in [-0.25, -0.2) is 4.68 Å². The topological polar surface area (TPSA) is 72.7 Å². The molecule has 0 saturated heterocycles. The van der Waals surface area contributed by atoms with Crippen molar-refractivity contribution >= 4 is 11.6 Å². The van der Waals surface area contributed by atoms with Gasteiger partial charge in [0.05, 0.1) is 5.69 Å². The summed E-state index contributed by atoms with van der Waals surface area (Å²) < 4.78 is 1.51. The van der Waals surface area contributed by atoms with Crippen molar-refractivity contribution in [1.82, 2.24) is 20.2 Å². The lowest BCUT2D eigenvalue weighted by Gasteiger charge is -2.11. The van der Waals surface area contributed by atoms with Crippen molar-refractivity contribution in [2.75, 3.05) is 5.32 Å². The highest BCUT2D eigenvalue weighted by Gasteiger charge is 2.10. The second kappa shape index (κ2) is 7.21. The first-order valence-corrected chi connectivity index (χ1v) is 8.51. The number of nitrogens with zero attached hydrogens (tertiary/aromatic N) is 4. The molecule has 0 unspecified atom stereocenters. The maximum Gasteiger partial charge on any atom is 0.255 e. The molecule has 4 aromatic rings. The molecule has 4 rings (SSSR count). The second-order valence-corrected chi connectivity index (χ2v) is 6.15. The fourth-order valence-electron chi connectivity index (χ4n) is 2.83. The van der Waals surface area contributed by atoms with Crippen LogP contribution in [0.25, 0.3) is 16.8 Å². The number of carbonyl (C=O) groups is 1. The lowest BCUT2D eigenvalue weighted by atomic mass is 10.0. The van der Waals surface area contributed by atoms with Crippen LogP contribution in [0.5, 0.6) is 0 Å². The van der Waals surface area contributed by atoms with Crippen LogP contribution in [-0.4, -0.2) is 26.1 Å². The molecular formula is C21H17N5O. The van der Waals surface area contributed by atoms with Crippen molar-refractivity contribution in [3.8, 4) is 16.8 Å². The Morgan fingerprint density at radius 3 is 2.56 bits per heavy atom. The van der Waals surface area contributed by atoms with Crippen molar-refractivity contribution in [3.05, 3.63) is 90.3 Å². The van der Waals surface area contributed by atoms with Crippen LogP contribution >= 0.6 is 0 Å². The SMILES string of the molecule is Cc1ccc(-c2ccccc2)cc1NC(=O)c1cccc(-n2cnnn2)c1. The Labute approximate surface area is 156 Å². The summed E-state index contributed by atoms with van der Waals surface area (Å²) in [5.41, 5.74) is 5.20. The number of anilines is 1. The third-order valence-corrected chi connectivity index (χ3v) is 4.31. The zero-order valence-corrected chi connectivity index (χ0v) is 14.7. The first kappa shape index (κ1) is 16.7. The minimum atomic E-state index is -0.182. The number of benzene rings is 3. The average Bonchev–Trinajstić information content (AvgIpc) is 3.25. The number of aryl methyl sites for hydroxylation is 1. The summed E-state index contributed by atoms with van der Waals surface area (Å²) in [5, 5.41) is 14.1. The third kappa shape index (κ3) is 3.59. The molecule has 27 heavy (non-hydrogen) atoms. The Morgan fingerprint density at radius 2 is 1.78 bits per heavy atom. The van der Waals surface area contributed by atoms with E-state index in [-0.39, 0.29) is 5.91 Å². The summed E-state index contributed by atoms with van der Waals surface area (Å²) in [6.45, 7) is 1.97. The summed E-state index contributed by atoms with van der Waals surface area (Å²) >= 11 is 0. The molecule has 0 radical (unpaired) electrons. The molecule has 1 heterocycles. The molecule has 0 saturated carbocycles. The van der Waals surface area contributed by atoms with E-state index in [0.717, 1.165) is 28.1 Å². The van der Waals surface area contributed by atoms with Crippen LogP contribution in [0.3, 0.4) is 0 Å². The number of hydrogen-bond donors (Lipinski definition) is 1. The van der Waals surface area contributed by atoms with Gasteiger partial charge in [0.2, 0.25) is 0 Å². The predicted octanol–water partition coefficient (Wildman–Crippen LogP) is 3.89. The number of nitrogens with one attached hydrogen (secondary N) is 1. The molecule has 0 spiro atoms. The first-order valence-electron chi connectivity index (χ1n) is 8.51. The monoisotopic (exact) mass is 355 g/mol. The highest BCUT2D eigenvalue weighted by atomic mass is 16.1. The Bertz CT molecular complexity index is 1070. The van der Waals surface area contributed by atoms with E-state index in [1.807, 2.05) is 55.5 Å². The molecule has 3 aromatic carbocycles. The average molecular weight is 355 g/mol. The van der Waals surface area contributed by atoms with Gasteiger partial charge >= 0.3 is 0 Å². The summed E-state index contributed by atoms with van der Waals surface area (Å²) in [6, 6.07) is 23.3. The molecule has 0 aliphatic carbocycles. The highest BCUT2D eigenvalue weighted by molar-refractivity contribution is 6.05. The molecule has 6 nitrogen and oxygen atoms in total. The third-order valence-electron chi connectivity index (χ3n) is 4.31. The van der Waals surface area contributed by atoms with Gasteiger partial charge in [-0.2, -0.15) is 0 Å². The van der Waals surface area contributed by atoms with Crippen molar-refractivity contribution in [3.63, 3.8) is 0 Å². The molecule has 0 atom stereocenters. The van der Waals surface area contributed by atoms with Crippen LogP contribution in [0.15, 0.2) is 79.1 Å². The quantitative estimate of drug-likeness (QED) is 0.603. The smallest absolute Gasteiger partial charge is 0.255 e. The Kier molecular flexibility index (Phi) is 4.45. The predicted molar refractivity (Wildman–Crippen MR) is 104 cm³/mol. The van der Waals surface area contributed by atoms with E-state index in [0.29, 0.717) is 5.56 Å². The lowest BCUT2D eigenvalue weighted by Crippen LogP contribution is -2.13. The van der Waals surface area contributed by atoms with E-state index in [9.17, 15) is 4.79 Å². The summed E-state index contributed by atoms with van der Waals surface area (Å²) in [6.07, 6.45) is 1.49. The van der Waals surface area contributed by atoms with Crippen molar-refractivity contribution in [2.45, 2.75) is 6.92 Å². The van der Waals surface area contributed by atoms with Gasteiger partial charge in [0.15, 0.2) is 0 Å². The Hall–Kier alpha value is -3.80. The maximum atomic E-state index is 12.8. The van der Waals surface area contributed by atoms with Crippen molar-refractivity contribution < 1.29 is 4.79 Å². The fraction of sp³-hybridized carbons (Fsp3) is 0.0476. The molecule has 0 bridgehead atoms. The highest BCUT2D eigenvalue weighted by Crippen LogP contribution is 2.25. The summed E-state index contributed by atoms with van der Waals surface area (Å²) in [4.78, 5) is 12.8. The van der Waals surface area contributed by atoms with Gasteiger partial charge in [-0.05, 0) is 58.3 Å². The minimum absolute atomic E-state index is 0.182. The summed E-state index contributed by atoms with van der Waals surface area (Å²) in [5.74, 6) is -0.182. The molecule has 1 amide bonds. The van der Waals surface area contributed by atoms with Gasteiger partial charge in [0.1, 0.15) is 6.33 Å². The normalized spacial score (nSPS) is 10.6. The van der Waals surface area contributed by atoms with Gasteiger partial charge < -0.3 is 5.32 Å². The van der Waals surface area contributed by atoms with E-state index >= 15 is 0 Å². The Balaban J connectivity index is 1.61. The number of carbonyl (C=O) groups excluding carboxylic acids is 1. The number of hydrogen-bond acceptors (Lipinski definition) is 4. The standard InChI is InChI=1S/C21H17N5O/c1-15-10-11-17(16-6-3-2-4-7-16)13-20(15)23-21(27)18-8-5-9-19(12-18)26-14-22-24-25-26/h2-14H,1H3,(H,23,27). The van der Waals surface area contributed by atoms with Gasteiger partial charge in [0.25, 0.3) is 5.91 Å². The van der Waals surface area contributed by atoms with Gasteiger partial charge in [-0.3, -0.25) is 4.79 Å². The van der Waals surface area contributed by atoms with Gasteiger partial charge in [-0.15, -0.1) is 5.10 Å². The molecule has 0 fully saturated rings. The van der Waals surface area contributed by atoms with E-state index in [1.54, 1.807) is 18.2 Å². The lowest BCUT2D eigenvalue weighted by molar-refractivity contribution is 0.102. The van der Waals surface area contributed by atoms with Crippen LogP contribution < -0.4 is 5.32 Å². The van der Waals surface area contributed by atoms with Crippen LogP contribution in [0, 0.1) is 6.92 Å². The van der Waals surface area contributed by atoms with Crippen molar-refractivity contribution in [1.29, 1.82) is 0 Å². The molecule has 1 aromatic heterocycles. The van der Waals surface area contributed by atoms with E-state index in [4.69, 9.17) is 0 Å². The zero-order valence-electron chi connectivity index (χ0n) is 14.7. The van der Waals surface area contributed by atoms with E-state index < -0.39 is 0 Å². The van der Waals surface area contributed by atoms with Gasteiger partial charge in [-0.1, -0.05) is 48.5 Å². The van der Waals surface area contributed by atoms with Crippen LogP contribution in [0.4, 0.5) is 5.69 Å². The van der Waals surface area contributed by atoms with Crippen LogP contribution in [0.2, 0.25) is 0 Å². The molecule has 0 aliphatic heterocycles. The van der Waals surface area contributed by atoms with Crippen LogP contribution in [-0.2, 0) is 0 Å². The Morgan fingerprint density at radius 1 is 0.926 bits per heavy atom. The molecule has 0 aliphatic rings. The van der Waals surface area contributed by atoms with Crippen molar-refractivity contribution in [2.24, 2.45) is 0 Å². The number of tetrazole rings is 1. The number of aromatic nitrogens is 4. The molecule has 1 N–H and O–H groups in total. The molecule has 132 valence electrons. The zero-order chi connectivity index (χ0) is 18.6. The van der Waals surface area contributed by atoms with E-state index in [2.05, 4.69) is 26.9 Å². The number of rotatable bonds is 4. The molecular weight excluding hydrogens is 338 g/mol. The fourth-order valence-corrected chi connectivity index (χ4v) is 2.83. The first-order chi connectivity index (χ1) is 13.2. The number of amides is 1. The molecule has 6 heteroatoms. The largest absolute Gasteiger partial charge is 0.322 e. The second-order valence-electron chi connectivity index (χ2n) is 6.15. The van der Waals surface area contributed by atoms with Gasteiger partial charge in [0, 0.05) is 11.3 Å².